The van der Waals surface area contributed by atoms with E-state index < -0.39 is 0 Å². The highest BCUT2D eigenvalue weighted by atomic mass is 32.2. The third-order valence-corrected chi connectivity index (χ3v) is 4.63. The van der Waals surface area contributed by atoms with Gasteiger partial charge in [0.15, 0.2) is 0 Å². The molecule has 0 saturated heterocycles. The quantitative estimate of drug-likeness (QED) is 0.785. The number of fused-ring (bicyclic) bond motifs is 1. The van der Waals surface area contributed by atoms with E-state index in [2.05, 4.69) is 31.0 Å². The van der Waals surface area contributed by atoms with Crippen molar-refractivity contribution in [3.8, 4) is 0 Å². The standard InChI is InChI=1S/C18H18N2OS/c1-3-12-10-15-18(14(4-2)19-12)16(11-17(21)20-15)22-13-8-6-5-7-9-13/h5-11H,3-4H2,1-2H3,(H,20,21). The molecule has 0 saturated carbocycles. The Morgan fingerprint density at radius 2 is 1.86 bits per heavy atom. The Morgan fingerprint density at radius 1 is 1.09 bits per heavy atom. The average molecular weight is 310 g/mol. The van der Waals surface area contributed by atoms with Crippen molar-refractivity contribution in [1.29, 1.82) is 0 Å². The molecule has 0 aliphatic rings. The molecule has 0 radical (unpaired) electrons. The van der Waals surface area contributed by atoms with Crippen molar-refractivity contribution < 1.29 is 0 Å². The van der Waals surface area contributed by atoms with Crippen LogP contribution >= 0.6 is 11.8 Å². The van der Waals surface area contributed by atoms with E-state index in [4.69, 9.17) is 4.98 Å². The van der Waals surface area contributed by atoms with Gasteiger partial charge in [-0.25, -0.2) is 0 Å². The first-order chi connectivity index (χ1) is 10.7. The van der Waals surface area contributed by atoms with Gasteiger partial charge in [0.1, 0.15) is 0 Å². The summed E-state index contributed by atoms with van der Waals surface area (Å²) in [6.07, 6.45) is 1.71. The van der Waals surface area contributed by atoms with Crippen molar-refractivity contribution >= 4 is 22.7 Å². The van der Waals surface area contributed by atoms with Crippen molar-refractivity contribution in [2.45, 2.75) is 36.5 Å². The third-order valence-electron chi connectivity index (χ3n) is 3.58. The Balaban J connectivity index is 2.22. The number of nitrogens with zero attached hydrogens (tertiary/aromatic N) is 1. The summed E-state index contributed by atoms with van der Waals surface area (Å²) in [6.45, 7) is 4.18. The number of hydrogen-bond donors (Lipinski definition) is 1. The summed E-state index contributed by atoms with van der Waals surface area (Å²) in [4.78, 5) is 21.8. The monoisotopic (exact) mass is 310 g/mol. The number of aryl methyl sites for hydroxylation is 2. The van der Waals surface area contributed by atoms with Crippen molar-refractivity contribution in [2.24, 2.45) is 0 Å². The number of pyridine rings is 2. The first-order valence-corrected chi connectivity index (χ1v) is 8.31. The molecule has 0 spiro atoms. The minimum Gasteiger partial charge on any atom is -0.322 e. The Morgan fingerprint density at radius 3 is 2.55 bits per heavy atom. The van der Waals surface area contributed by atoms with Gasteiger partial charge < -0.3 is 4.98 Å². The molecule has 2 aromatic heterocycles. The van der Waals surface area contributed by atoms with E-state index in [0.717, 1.165) is 44.9 Å². The molecule has 2 heterocycles. The summed E-state index contributed by atoms with van der Waals surface area (Å²) in [5.41, 5.74) is 2.88. The lowest BCUT2D eigenvalue weighted by Crippen LogP contribution is -2.07. The summed E-state index contributed by atoms with van der Waals surface area (Å²) in [5.74, 6) is 0. The Labute approximate surface area is 133 Å². The molecule has 0 amide bonds. The predicted molar refractivity (Wildman–Crippen MR) is 91.7 cm³/mol. The number of rotatable bonds is 4. The van der Waals surface area contributed by atoms with Crippen LogP contribution in [0.3, 0.4) is 0 Å². The first kappa shape index (κ1) is 14.9. The Hall–Kier alpha value is -2.07. The van der Waals surface area contributed by atoms with Crippen LogP contribution in [0.5, 0.6) is 0 Å². The fourth-order valence-corrected chi connectivity index (χ4v) is 3.57. The van der Waals surface area contributed by atoms with Gasteiger partial charge in [0.25, 0.3) is 0 Å². The van der Waals surface area contributed by atoms with Gasteiger partial charge in [-0.15, -0.1) is 0 Å². The second-order valence-corrected chi connectivity index (χ2v) is 6.22. The largest absolute Gasteiger partial charge is 0.322 e. The van der Waals surface area contributed by atoms with E-state index in [1.54, 1.807) is 17.8 Å². The molecule has 0 aliphatic carbocycles. The normalized spacial score (nSPS) is 11.0. The van der Waals surface area contributed by atoms with E-state index in [1.807, 2.05) is 24.3 Å². The molecule has 0 fully saturated rings. The molecule has 3 rings (SSSR count). The lowest BCUT2D eigenvalue weighted by molar-refractivity contribution is 0.963. The highest BCUT2D eigenvalue weighted by Gasteiger charge is 2.11. The fraction of sp³-hybridized carbons (Fsp3) is 0.222. The molecular formula is C18H18N2OS. The predicted octanol–water partition coefficient (Wildman–Crippen LogP) is 4.20. The SMILES string of the molecule is CCc1cc2[nH]c(=O)cc(Sc3ccccc3)c2c(CC)n1. The molecule has 0 atom stereocenters. The maximum Gasteiger partial charge on any atom is 0.249 e. The van der Waals surface area contributed by atoms with Crippen LogP contribution in [0, 0.1) is 0 Å². The second kappa shape index (κ2) is 6.36. The van der Waals surface area contributed by atoms with Crippen LogP contribution in [0.25, 0.3) is 10.9 Å². The molecule has 3 nitrogen and oxygen atoms in total. The van der Waals surface area contributed by atoms with Crippen molar-refractivity contribution in [1.82, 2.24) is 9.97 Å². The Kier molecular flexibility index (Phi) is 4.29. The lowest BCUT2D eigenvalue weighted by Gasteiger charge is -2.11. The average Bonchev–Trinajstić information content (AvgIpc) is 2.54. The van der Waals surface area contributed by atoms with Gasteiger partial charge in [0.05, 0.1) is 11.2 Å². The van der Waals surface area contributed by atoms with Crippen molar-refractivity contribution in [2.75, 3.05) is 0 Å². The van der Waals surface area contributed by atoms with Gasteiger partial charge in [0.2, 0.25) is 5.56 Å². The van der Waals surface area contributed by atoms with E-state index in [0.29, 0.717) is 0 Å². The summed E-state index contributed by atoms with van der Waals surface area (Å²) in [5, 5.41) is 1.06. The Bertz CT molecular complexity index is 856. The minimum atomic E-state index is -0.0683. The molecule has 4 heteroatoms. The number of H-pyrrole nitrogens is 1. The maximum atomic E-state index is 12.0. The number of benzene rings is 1. The molecule has 0 aliphatic heterocycles. The topological polar surface area (TPSA) is 45.8 Å². The molecule has 112 valence electrons. The van der Waals surface area contributed by atoms with Crippen molar-refractivity contribution in [3.63, 3.8) is 0 Å². The van der Waals surface area contributed by atoms with E-state index in [1.165, 1.54) is 0 Å². The molecule has 22 heavy (non-hydrogen) atoms. The van der Waals surface area contributed by atoms with Gasteiger partial charge in [0, 0.05) is 26.9 Å². The minimum absolute atomic E-state index is 0.0683. The fourth-order valence-electron chi connectivity index (χ4n) is 2.52. The molecule has 1 aromatic carbocycles. The summed E-state index contributed by atoms with van der Waals surface area (Å²) < 4.78 is 0. The molecule has 3 aromatic rings. The van der Waals surface area contributed by atoms with Crippen LogP contribution in [0.2, 0.25) is 0 Å². The molecule has 0 unspecified atom stereocenters. The highest BCUT2D eigenvalue weighted by molar-refractivity contribution is 7.99. The van der Waals surface area contributed by atoms with Gasteiger partial charge >= 0.3 is 0 Å². The van der Waals surface area contributed by atoms with Crippen LogP contribution in [-0.4, -0.2) is 9.97 Å². The summed E-state index contributed by atoms with van der Waals surface area (Å²) in [6, 6.07) is 13.8. The summed E-state index contributed by atoms with van der Waals surface area (Å²) in [7, 11) is 0. The van der Waals surface area contributed by atoms with E-state index in [-0.39, 0.29) is 5.56 Å². The zero-order chi connectivity index (χ0) is 15.5. The molecule has 1 N–H and O–H groups in total. The van der Waals surface area contributed by atoms with Crippen molar-refractivity contribution in [3.05, 3.63) is 64.2 Å². The zero-order valence-corrected chi connectivity index (χ0v) is 13.5. The molecule has 0 bridgehead atoms. The van der Waals surface area contributed by atoms with Gasteiger partial charge in [-0.05, 0) is 31.0 Å². The van der Waals surface area contributed by atoms with Crippen LogP contribution in [0.1, 0.15) is 25.2 Å². The number of nitrogens with one attached hydrogen (secondary N) is 1. The zero-order valence-electron chi connectivity index (χ0n) is 12.7. The maximum absolute atomic E-state index is 12.0. The number of hydrogen-bond acceptors (Lipinski definition) is 3. The van der Waals surface area contributed by atoms with Crippen LogP contribution in [-0.2, 0) is 12.8 Å². The summed E-state index contributed by atoms with van der Waals surface area (Å²) >= 11 is 1.61. The van der Waals surface area contributed by atoms with E-state index >= 15 is 0 Å². The van der Waals surface area contributed by atoms with Gasteiger partial charge in [-0.2, -0.15) is 0 Å². The molecular weight excluding hydrogens is 292 g/mol. The first-order valence-electron chi connectivity index (χ1n) is 7.50. The van der Waals surface area contributed by atoms with Crippen LogP contribution < -0.4 is 5.56 Å². The van der Waals surface area contributed by atoms with E-state index in [9.17, 15) is 4.79 Å². The number of aromatic nitrogens is 2. The smallest absolute Gasteiger partial charge is 0.249 e. The van der Waals surface area contributed by atoms with Gasteiger partial charge in [-0.3, -0.25) is 9.78 Å². The van der Waals surface area contributed by atoms with Gasteiger partial charge in [-0.1, -0.05) is 43.8 Å². The second-order valence-electron chi connectivity index (χ2n) is 5.10. The highest BCUT2D eigenvalue weighted by Crippen LogP contribution is 2.33. The third kappa shape index (κ3) is 2.92. The van der Waals surface area contributed by atoms with Crippen LogP contribution in [0.15, 0.2) is 57.1 Å². The van der Waals surface area contributed by atoms with Crippen LogP contribution in [0.4, 0.5) is 0 Å². The lowest BCUT2D eigenvalue weighted by atomic mass is 10.1. The number of aromatic amines is 1.